The van der Waals surface area contributed by atoms with E-state index in [4.69, 9.17) is 0 Å². The molecule has 15 heavy (non-hydrogen) atoms. The van der Waals surface area contributed by atoms with Gasteiger partial charge in [-0.25, -0.2) is 8.42 Å². The van der Waals surface area contributed by atoms with Crippen molar-refractivity contribution in [1.82, 2.24) is 0 Å². The molecule has 0 aliphatic carbocycles. The summed E-state index contributed by atoms with van der Waals surface area (Å²) in [5.74, 6) is 0. The maximum atomic E-state index is 12.3. The molecule has 2 unspecified atom stereocenters. The summed E-state index contributed by atoms with van der Waals surface area (Å²) in [5, 5.41) is -0.224. The zero-order valence-corrected chi connectivity index (χ0v) is 11.4. The lowest BCUT2D eigenvalue weighted by Gasteiger charge is -2.22. The smallest absolute Gasteiger partial charge is 0.155 e. The van der Waals surface area contributed by atoms with Crippen LogP contribution in [0, 0.1) is 0 Å². The fourth-order valence-electron chi connectivity index (χ4n) is 2.12. The number of sulfone groups is 1. The Hall–Kier alpha value is -0.0500. The highest BCUT2D eigenvalue weighted by molar-refractivity contribution is 7.92. The van der Waals surface area contributed by atoms with Crippen molar-refractivity contribution in [2.75, 3.05) is 0 Å². The van der Waals surface area contributed by atoms with Crippen LogP contribution < -0.4 is 0 Å². The van der Waals surface area contributed by atoms with Gasteiger partial charge < -0.3 is 0 Å². The lowest BCUT2D eigenvalue weighted by molar-refractivity contribution is 0.535. The Bertz CT molecular complexity index is 224. The second kappa shape index (κ2) is 7.26. The van der Waals surface area contributed by atoms with Gasteiger partial charge in [0.05, 0.1) is 10.5 Å². The second-order valence-corrected chi connectivity index (χ2v) is 6.74. The predicted molar refractivity (Wildman–Crippen MR) is 66.9 cm³/mol. The number of hydrogen-bond donors (Lipinski definition) is 0. The van der Waals surface area contributed by atoms with Crippen molar-refractivity contribution in [2.45, 2.75) is 76.7 Å². The molecule has 92 valence electrons. The maximum absolute atomic E-state index is 12.3. The minimum Gasteiger partial charge on any atom is -0.228 e. The van der Waals surface area contributed by atoms with Crippen LogP contribution in [0.5, 0.6) is 0 Å². The molecule has 0 heterocycles. The first-order valence-corrected chi connectivity index (χ1v) is 7.88. The molecule has 0 spiro atoms. The van der Waals surface area contributed by atoms with Crippen molar-refractivity contribution in [3.8, 4) is 0 Å². The lowest BCUT2D eigenvalue weighted by Crippen LogP contribution is -2.31. The van der Waals surface area contributed by atoms with Gasteiger partial charge in [-0.1, -0.05) is 40.5 Å². The normalized spacial score (nSPS) is 16.3. The molecule has 0 aromatic rings. The molecule has 0 aliphatic rings. The molecular weight excluding hydrogens is 208 g/mol. The first kappa shape index (κ1) is 14.9. The van der Waals surface area contributed by atoms with Crippen LogP contribution in [0.2, 0.25) is 0 Å². The molecule has 0 amide bonds. The van der Waals surface area contributed by atoms with Crippen LogP contribution in [0.15, 0.2) is 0 Å². The van der Waals surface area contributed by atoms with Crippen molar-refractivity contribution in [2.24, 2.45) is 0 Å². The van der Waals surface area contributed by atoms with Gasteiger partial charge in [0.2, 0.25) is 0 Å². The summed E-state index contributed by atoms with van der Waals surface area (Å²) in [7, 11) is -2.89. The van der Waals surface area contributed by atoms with Gasteiger partial charge in [-0.2, -0.15) is 0 Å². The topological polar surface area (TPSA) is 34.1 Å². The predicted octanol–water partition coefficient (Wildman–Crippen LogP) is 3.56. The first-order valence-electron chi connectivity index (χ1n) is 6.27. The van der Waals surface area contributed by atoms with Crippen molar-refractivity contribution in [1.29, 1.82) is 0 Å². The third-order valence-corrected chi connectivity index (χ3v) is 6.06. The van der Waals surface area contributed by atoms with E-state index in [2.05, 4.69) is 13.8 Å². The average molecular weight is 234 g/mol. The molecule has 3 heteroatoms. The van der Waals surface area contributed by atoms with E-state index in [1.54, 1.807) is 0 Å². The standard InChI is InChI=1S/C12H26O2S/c1-5-9-11(7-3)15(13,14)12(8-4)10-6-2/h11-12H,5-10H2,1-4H3. The maximum Gasteiger partial charge on any atom is 0.155 e. The van der Waals surface area contributed by atoms with Gasteiger partial charge in [-0.15, -0.1) is 0 Å². The van der Waals surface area contributed by atoms with Crippen LogP contribution in [0.1, 0.15) is 66.2 Å². The Labute approximate surface area is 95.4 Å². The first-order chi connectivity index (χ1) is 7.04. The Morgan fingerprint density at radius 2 is 1.13 bits per heavy atom. The van der Waals surface area contributed by atoms with Crippen molar-refractivity contribution >= 4 is 9.84 Å². The summed E-state index contributed by atoms with van der Waals surface area (Å²) in [6, 6.07) is 0. The highest BCUT2D eigenvalue weighted by Gasteiger charge is 2.30. The quantitative estimate of drug-likeness (QED) is 0.643. The lowest BCUT2D eigenvalue weighted by atomic mass is 10.2. The Morgan fingerprint density at radius 3 is 1.33 bits per heavy atom. The fraction of sp³-hybridized carbons (Fsp3) is 1.00. The fourth-order valence-corrected chi connectivity index (χ4v) is 4.72. The minimum absolute atomic E-state index is 0.112. The van der Waals surface area contributed by atoms with Gasteiger partial charge >= 0.3 is 0 Å². The molecule has 2 nitrogen and oxygen atoms in total. The molecule has 0 fully saturated rings. The molecule has 0 aliphatic heterocycles. The largest absolute Gasteiger partial charge is 0.228 e. The summed E-state index contributed by atoms with van der Waals surface area (Å²) < 4.78 is 24.5. The van der Waals surface area contributed by atoms with E-state index in [-0.39, 0.29) is 10.5 Å². The van der Waals surface area contributed by atoms with E-state index in [0.29, 0.717) is 0 Å². The number of rotatable bonds is 8. The van der Waals surface area contributed by atoms with Gasteiger partial charge in [0.25, 0.3) is 0 Å². The van der Waals surface area contributed by atoms with Crippen LogP contribution >= 0.6 is 0 Å². The van der Waals surface area contributed by atoms with E-state index in [9.17, 15) is 8.42 Å². The van der Waals surface area contributed by atoms with Gasteiger partial charge in [-0.05, 0) is 25.7 Å². The SMILES string of the molecule is CCCC(CC)S(=O)(=O)C(CC)CCC. The van der Waals surface area contributed by atoms with Crippen LogP contribution in [0.4, 0.5) is 0 Å². The van der Waals surface area contributed by atoms with Gasteiger partial charge in [0, 0.05) is 0 Å². The van der Waals surface area contributed by atoms with Crippen LogP contribution in [-0.2, 0) is 9.84 Å². The third kappa shape index (κ3) is 4.13. The van der Waals surface area contributed by atoms with E-state index in [1.807, 2.05) is 13.8 Å². The Balaban J connectivity index is 4.73. The average Bonchev–Trinajstić information content (AvgIpc) is 2.21. The van der Waals surface area contributed by atoms with Crippen molar-refractivity contribution < 1.29 is 8.42 Å². The van der Waals surface area contributed by atoms with Gasteiger partial charge in [0.1, 0.15) is 0 Å². The molecular formula is C12H26O2S. The summed E-state index contributed by atoms with van der Waals surface area (Å²) in [4.78, 5) is 0. The molecule has 0 aromatic heterocycles. The summed E-state index contributed by atoms with van der Waals surface area (Å²) >= 11 is 0. The molecule has 0 saturated heterocycles. The highest BCUT2D eigenvalue weighted by Crippen LogP contribution is 2.22. The van der Waals surface area contributed by atoms with Crippen molar-refractivity contribution in [3.05, 3.63) is 0 Å². The zero-order chi connectivity index (χ0) is 11.9. The van der Waals surface area contributed by atoms with Gasteiger partial charge in [0.15, 0.2) is 9.84 Å². The minimum atomic E-state index is -2.89. The summed E-state index contributed by atoms with van der Waals surface area (Å²) in [5.41, 5.74) is 0. The molecule has 0 saturated carbocycles. The zero-order valence-electron chi connectivity index (χ0n) is 10.6. The molecule has 0 N–H and O–H groups in total. The van der Waals surface area contributed by atoms with E-state index < -0.39 is 9.84 Å². The Morgan fingerprint density at radius 1 is 0.800 bits per heavy atom. The summed E-state index contributed by atoms with van der Waals surface area (Å²) in [6.45, 7) is 8.07. The molecule has 0 aromatic carbocycles. The molecule has 0 bridgehead atoms. The van der Waals surface area contributed by atoms with Crippen LogP contribution in [0.25, 0.3) is 0 Å². The Kier molecular flexibility index (Phi) is 7.24. The van der Waals surface area contributed by atoms with Crippen LogP contribution in [-0.4, -0.2) is 18.9 Å². The van der Waals surface area contributed by atoms with Gasteiger partial charge in [-0.3, -0.25) is 0 Å². The summed E-state index contributed by atoms with van der Waals surface area (Å²) in [6.07, 6.45) is 5.07. The third-order valence-electron chi connectivity index (χ3n) is 3.06. The van der Waals surface area contributed by atoms with E-state index in [0.717, 1.165) is 38.5 Å². The number of hydrogen-bond acceptors (Lipinski definition) is 2. The van der Waals surface area contributed by atoms with Crippen molar-refractivity contribution in [3.63, 3.8) is 0 Å². The molecule has 2 atom stereocenters. The molecule has 0 rings (SSSR count). The van der Waals surface area contributed by atoms with Crippen LogP contribution in [0.3, 0.4) is 0 Å². The monoisotopic (exact) mass is 234 g/mol. The highest BCUT2D eigenvalue weighted by atomic mass is 32.2. The second-order valence-electron chi connectivity index (χ2n) is 4.23. The van der Waals surface area contributed by atoms with E-state index in [1.165, 1.54) is 0 Å². The molecule has 0 radical (unpaired) electrons. The van der Waals surface area contributed by atoms with E-state index >= 15 is 0 Å².